The molecule has 0 spiro atoms. The number of benzene rings is 1. The van der Waals surface area contributed by atoms with Crippen molar-refractivity contribution in [2.45, 2.75) is 44.4 Å². The molecule has 0 N–H and O–H groups in total. The van der Waals surface area contributed by atoms with Crippen molar-refractivity contribution in [1.29, 1.82) is 0 Å². The van der Waals surface area contributed by atoms with Crippen LogP contribution in [0.5, 0.6) is 5.75 Å². The van der Waals surface area contributed by atoms with Crippen molar-refractivity contribution in [2.24, 2.45) is 17.8 Å². The van der Waals surface area contributed by atoms with Crippen LogP contribution in [0.1, 0.15) is 49.1 Å². The standard InChI is InChI=1S/C22H28O2/c1-23-17-9-7-15(8-10-17)22-14-16-13-18(24-2)11-12-19(16)20-5-3-4-6-21(20)22/h7,9-13,15,20-22H,3-6,8,14H2,1-2H3/t15?,20-,21-,22-/m0/s1. The maximum absolute atomic E-state index is 5.49. The topological polar surface area (TPSA) is 18.5 Å². The van der Waals surface area contributed by atoms with E-state index in [9.17, 15) is 0 Å². The highest BCUT2D eigenvalue weighted by Crippen LogP contribution is 2.51. The molecule has 1 unspecified atom stereocenters. The van der Waals surface area contributed by atoms with Crippen molar-refractivity contribution < 1.29 is 9.47 Å². The Morgan fingerprint density at radius 1 is 1.00 bits per heavy atom. The van der Waals surface area contributed by atoms with Gasteiger partial charge < -0.3 is 9.47 Å². The number of fused-ring (bicyclic) bond motifs is 3. The Labute approximate surface area is 145 Å². The molecule has 0 aromatic heterocycles. The summed E-state index contributed by atoms with van der Waals surface area (Å²) in [7, 11) is 3.53. The van der Waals surface area contributed by atoms with E-state index in [-0.39, 0.29) is 0 Å². The Hall–Kier alpha value is -1.70. The molecule has 0 heterocycles. The van der Waals surface area contributed by atoms with E-state index in [0.29, 0.717) is 5.92 Å². The van der Waals surface area contributed by atoms with Crippen LogP contribution in [0.15, 0.2) is 42.2 Å². The Bertz CT molecular complexity index is 658. The van der Waals surface area contributed by atoms with Gasteiger partial charge in [0.05, 0.1) is 14.2 Å². The summed E-state index contributed by atoms with van der Waals surface area (Å²) in [5.41, 5.74) is 3.13. The van der Waals surface area contributed by atoms with Crippen molar-refractivity contribution in [3.8, 4) is 5.75 Å². The average molecular weight is 324 g/mol. The van der Waals surface area contributed by atoms with Gasteiger partial charge >= 0.3 is 0 Å². The van der Waals surface area contributed by atoms with Gasteiger partial charge in [0.25, 0.3) is 0 Å². The van der Waals surface area contributed by atoms with Crippen LogP contribution in [0.4, 0.5) is 0 Å². The highest BCUT2D eigenvalue weighted by Gasteiger charge is 2.40. The molecule has 24 heavy (non-hydrogen) atoms. The molecule has 2 heteroatoms. The number of hydrogen-bond acceptors (Lipinski definition) is 2. The molecule has 0 radical (unpaired) electrons. The minimum Gasteiger partial charge on any atom is -0.497 e. The lowest BCUT2D eigenvalue weighted by Crippen LogP contribution is -2.36. The number of ether oxygens (including phenoxy) is 2. The Kier molecular flexibility index (Phi) is 4.39. The number of hydrogen-bond donors (Lipinski definition) is 0. The van der Waals surface area contributed by atoms with Crippen molar-refractivity contribution in [3.05, 3.63) is 53.3 Å². The maximum Gasteiger partial charge on any atom is 0.119 e. The molecule has 0 bridgehead atoms. The molecule has 4 rings (SSSR count). The van der Waals surface area contributed by atoms with Crippen molar-refractivity contribution in [1.82, 2.24) is 0 Å². The molecular weight excluding hydrogens is 296 g/mol. The van der Waals surface area contributed by atoms with Crippen molar-refractivity contribution in [3.63, 3.8) is 0 Å². The molecule has 1 fully saturated rings. The zero-order valence-electron chi connectivity index (χ0n) is 14.8. The summed E-state index contributed by atoms with van der Waals surface area (Å²) < 4.78 is 10.9. The Morgan fingerprint density at radius 2 is 1.88 bits per heavy atom. The molecule has 1 saturated carbocycles. The summed E-state index contributed by atoms with van der Waals surface area (Å²) in [6.45, 7) is 0. The fourth-order valence-corrected chi connectivity index (χ4v) is 5.27. The molecule has 1 aromatic rings. The van der Waals surface area contributed by atoms with Gasteiger partial charge in [0, 0.05) is 0 Å². The van der Waals surface area contributed by atoms with Crippen LogP contribution in [0.3, 0.4) is 0 Å². The number of rotatable bonds is 3. The second kappa shape index (κ2) is 6.66. The van der Waals surface area contributed by atoms with Gasteiger partial charge in [0.1, 0.15) is 11.5 Å². The smallest absolute Gasteiger partial charge is 0.119 e. The normalized spacial score (nSPS) is 31.7. The van der Waals surface area contributed by atoms with Crippen molar-refractivity contribution in [2.75, 3.05) is 14.2 Å². The van der Waals surface area contributed by atoms with Crippen LogP contribution >= 0.6 is 0 Å². The van der Waals surface area contributed by atoms with E-state index in [2.05, 4.69) is 36.4 Å². The highest BCUT2D eigenvalue weighted by atomic mass is 16.5. The summed E-state index contributed by atoms with van der Waals surface area (Å²) in [5, 5.41) is 0. The van der Waals surface area contributed by atoms with Crippen LogP contribution in [-0.4, -0.2) is 14.2 Å². The monoisotopic (exact) mass is 324 g/mol. The molecule has 3 aliphatic carbocycles. The van der Waals surface area contributed by atoms with Gasteiger partial charge in [0.15, 0.2) is 0 Å². The van der Waals surface area contributed by atoms with Crippen LogP contribution in [0.25, 0.3) is 0 Å². The molecule has 128 valence electrons. The summed E-state index contributed by atoms with van der Waals surface area (Å²) in [6, 6.07) is 6.78. The van der Waals surface area contributed by atoms with Gasteiger partial charge in [-0.05, 0) is 84.8 Å². The lowest BCUT2D eigenvalue weighted by molar-refractivity contribution is 0.155. The number of allylic oxidation sites excluding steroid dienone is 3. The van der Waals surface area contributed by atoms with Gasteiger partial charge in [-0.15, -0.1) is 0 Å². The lowest BCUT2D eigenvalue weighted by Gasteiger charge is -2.45. The summed E-state index contributed by atoms with van der Waals surface area (Å²) in [4.78, 5) is 0. The van der Waals surface area contributed by atoms with Crippen LogP contribution in [0, 0.1) is 17.8 Å². The van der Waals surface area contributed by atoms with E-state index in [1.807, 2.05) is 0 Å². The predicted octanol–water partition coefficient (Wildman–Crippen LogP) is 5.25. The van der Waals surface area contributed by atoms with Gasteiger partial charge in [-0.2, -0.15) is 0 Å². The fraction of sp³-hybridized carbons (Fsp3) is 0.545. The van der Waals surface area contributed by atoms with E-state index in [4.69, 9.17) is 9.47 Å². The van der Waals surface area contributed by atoms with Crippen LogP contribution in [-0.2, 0) is 11.2 Å². The van der Waals surface area contributed by atoms with Crippen molar-refractivity contribution >= 4 is 0 Å². The van der Waals surface area contributed by atoms with Gasteiger partial charge in [0.2, 0.25) is 0 Å². The molecule has 0 aliphatic heterocycles. The van der Waals surface area contributed by atoms with E-state index in [1.165, 1.54) is 37.7 Å². The average Bonchev–Trinajstić information content (AvgIpc) is 2.67. The summed E-state index contributed by atoms with van der Waals surface area (Å²) in [6.07, 6.45) is 14.7. The zero-order valence-corrected chi connectivity index (χ0v) is 14.8. The highest BCUT2D eigenvalue weighted by molar-refractivity contribution is 5.41. The van der Waals surface area contributed by atoms with E-state index >= 15 is 0 Å². The fourth-order valence-electron chi connectivity index (χ4n) is 5.27. The molecule has 1 aromatic carbocycles. The second-order valence-corrected chi connectivity index (χ2v) is 7.56. The first kappa shape index (κ1) is 15.8. The first-order valence-corrected chi connectivity index (χ1v) is 9.39. The predicted molar refractivity (Wildman–Crippen MR) is 97.2 cm³/mol. The van der Waals surface area contributed by atoms with E-state index in [0.717, 1.165) is 35.7 Å². The van der Waals surface area contributed by atoms with Gasteiger partial charge in [-0.25, -0.2) is 0 Å². The van der Waals surface area contributed by atoms with Gasteiger partial charge in [-0.1, -0.05) is 25.0 Å². The summed E-state index contributed by atoms with van der Waals surface area (Å²) >= 11 is 0. The van der Waals surface area contributed by atoms with E-state index < -0.39 is 0 Å². The van der Waals surface area contributed by atoms with Crippen LogP contribution < -0.4 is 4.74 Å². The molecule has 0 saturated heterocycles. The Morgan fingerprint density at radius 3 is 2.62 bits per heavy atom. The van der Waals surface area contributed by atoms with E-state index in [1.54, 1.807) is 19.8 Å². The number of methoxy groups -OCH3 is 2. The largest absolute Gasteiger partial charge is 0.497 e. The lowest BCUT2D eigenvalue weighted by atomic mass is 9.59. The Balaban J connectivity index is 1.65. The molecule has 3 aliphatic rings. The molecule has 0 amide bonds. The second-order valence-electron chi connectivity index (χ2n) is 7.56. The van der Waals surface area contributed by atoms with Crippen LogP contribution in [0.2, 0.25) is 0 Å². The molecule has 2 nitrogen and oxygen atoms in total. The quantitative estimate of drug-likeness (QED) is 0.756. The minimum atomic E-state index is 0.647. The third kappa shape index (κ3) is 2.76. The molecule has 4 atom stereocenters. The first-order chi connectivity index (χ1) is 11.8. The van der Waals surface area contributed by atoms with Gasteiger partial charge in [-0.3, -0.25) is 0 Å². The SMILES string of the molecule is COC1=CCC([C@@H]2Cc3cc(OC)ccc3[C@@H]3CCCC[C@@H]32)C=C1. The minimum absolute atomic E-state index is 0.647. The third-order valence-electron chi connectivity index (χ3n) is 6.46. The first-order valence-electron chi connectivity index (χ1n) is 9.39. The third-order valence-corrected chi connectivity index (χ3v) is 6.46. The maximum atomic E-state index is 5.49. The summed E-state index contributed by atoms with van der Waals surface area (Å²) in [5.74, 6) is 5.01. The molecular formula is C22H28O2. The zero-order chi connectivity index (χ0) is 16.5.